The van der Waals surface area contributed by atoms with Crippen LogP contribution in [0.4, 0.5) is 0 Å². The van der Waals surface area contributed by atoms with Crippen LogP contribution in [0.5, 0.6) is 0 Å². The molecule has 2 aromatic carbocycles. The molecule has 0 N–H and O–H groups in total. The van der Waals surface area contributed by atoms with Gasteiger partial charge >= 0.3 is 0 Å². The summed E-state index contributed by atoms with van der Waals surface area (Å²) in [5.74, 6) is 1.43. The van der Waals surface area contributed by atoms with Gasteiger partial charge in [-0.05, 0) is 30.5 Å². The molecule has 1 fully saturated rings. The van der Waals surface area contributed by atoms with E-state index in [1.807, 2.05) is 24.3 Å². The Labute approximate surface area is 160 Å². The number of benzene rings is 2. The van der Waals surface area contributed by atoms with Crippen LogP contribution in [0.25, 0.3) is 0 Å². The van der Waals surface area contributed by atoms with Crippen LogP contribution >= 0.6 is 0 Å². The average Bonchev–Trinajstić information content (AvgIpc) is 3.15. The molecule has 1 aliphatic heterocycles. The number of nitrogens with zero attached hydrogens (tertiary/aromatic N) is 3. The quantitative estimate of drug-likeness (QED) is 0.638. The van der Waals surface area contributed by atoms with Crippen molar-refractivity contribution >= 4 is 0 Å². The monoisotopic (exact) mass is 363 g/mol. The summed E-state index contributed by atoms with van der Waals surface area (Å²) in [5.41, 5.74) is 2.41. The van der Waals surface area contributed by atoms with Gasteiger partial charge in [0, 0.05) is 13.0 Å². The first kappa shape index (κ1) is 17.9. The van der Waals surface area contributed by atoms with Gasteiger partial charge in [-0.15, -0.1) is 0 Å². The Hall–Kier alpha value is -2.50. The van der Waals surface area contributed by atoms with Crippen LogP contribution in [0.15, 0.2) is 65.2 Å². The molecule has 4 rings (SSSR count). The smallest absolute Gasteiger partial charge is 0.240 e. The number of ether oxygens (including phenoxy) is 1. The maximum absolute atomic E-state index is 6.11. The van der Waals surface area contributed by atoms with Crippen molar-refractivity contribution in [1.29, 1.82) is 0 Å². The Morgan fingerprint density at radius 3 is 2.52 bits per heavy atom. The summed E-state index contributed by atoms with van der Waals surface area (Å²) in [6.45, 7) is 3.30. The molecule has 0 bridgehead atoms. The standard InChI is InChI=1S/C22H25N3O2/c1-3-8-18(9-4-1)14-21-23-22(27-24-21)16-25-13-7-12-20(15-25)26-17-19-10-5-2-6-11-19/h1-6,8-11,20H,7,12-17H2/t20-/m0/s1. The van der Waals surface area contributed by atoms with Crippen molar-refractivity contribution in [3.8, 4) is 0 Å². The first-order valence-corrected chi connectivity index (χ1v) is 9.58. The third-order valence-corrected chi connectivity index (χ3v) is 4.86. The predicted octanol–water partition coefficient (Wildman–Crippen LogP) is 3.84. The van der Waals surface area contributed by atoms with E-state index >= 15 is 0 Å². The number of likely N-dealkylation sites (tertiary alicyclic amines) is 1. The van der Waals surface area contributed by atoms with Gasteiger partial charge in [0.1, 0.15) is 0 Å². The number of rotatable bonds is 7. The minimum absolute atomic E-state index is 0.255. The van der Waals surface area contributed by atoms with Crippen LogP contribution in [0.1, 0.15) is 35.7 Å². The van der Waals surface area contributed by atoms with Gasteiger partial charge in [0.15, 0.2) is 5.82 Å². The van der Waals surface area contributed by atoms with E-state index in [-0.39, 0.29) is 6.10 Å². The molecule has 27 heavy (non-hydrogen) atoms. The highest BCUT2D eigenvalue weighted by atomic mass is 16.5. The second kappa shape index (κ2) is 8.93. The fourth-order valence-electron chi connectivity index (χ4n) is 3.48. The molecule has 3 aromatic rings. The van der Waals surface area contributed by atoms with Crippen LogP contribution in [0.3, 0.4) is 0 Å². The fourth-order valence-corrected chi connectivity index (χ4v) is 3.48. The van der Waals surface area contributed by atoms with Gasteiger partial charge in [0.05, 0.1) is 19.3 Å². The lowest BCUT2D eigenvalue weighted by atomic mass is 10.1. The fraction of sp³-hybridized carbons (Fsp3) is 0.364. The van der Waals surface area contributed by atoms with Crippen molar-refractivity contribution in [3.63, 3.8) is 0 Å². The minimum atomic E-state index is 0.255. The second-order valence-electron chi connectivity index (χ2n) is 7.06. The van der Waals surface area contributed by atoms with Crippen molar-refractivity contribution in [2.24, 2.45) is 0 Å². The first-order valence-electron chi connectivity index (χ1n) is 9.58. The predicted molar refractivity (Wildman–Crippen MR) is 103 cm³/mol. The third-order valence-electron chi connectivity index (χ3n) is 4.86. The Kier molecular flexibility index (Phi) is 5.92. The van der Waals surface area contributed by atoms with Crippen molar-refractivity contribution in [1.82, 2.24) is 15.0 Å². The molecule has 0 radical (unpaired) electrons. The van der Waals surface area contributed by atoms with Gasteiger partial charge in [0.25, 0.3) is 0 Å². The molecule has 2 heterocycles. The summed E-state index contributed by atoms with van der Waals surface area (Å²) in [7, 11) is 0. The average molecular weight is 363 g/mol. The summed E-state index contributed by atoms with van der Waals surface area (Å²) in [6.07, 6.45) is 3.19. The lowest BCUT2D eigenvalue weighted by Crippen LogP contribution is -2.39. The molecule has 1 aromatic heterocycles. The number of piperidine rings is 1. The molecule has 1 saturated heterocycles. The van der Waals surface area contributed by atoms with E-state index in [1.54, 1.807) is 0 Å². The van der Waals surface area contributed by atoms with E-state index in [0.717, 1.165) is 31.8 Å². The summed E-state index contributed by atoms with van der Waals surface area (Å²) in [4.78, 5) is 6.90. The molecule has 0 aliphatic carbocycles. The van der Waals surface area contributed by atoms with Gasteiger partial charge in [0.2, 0.25) is 5.89 Å². The molecule has 1 atom stereocenters. The zero-order valence-corrected chi connectivity index (χ0v) is 15.5. The highest BCUT2D eigenvalue weighted by molar-refractivity contribution is 5.18. The van der Waals surface area contributed by atoms with E-state index in [0.29, 0.717) is 25.5 Å². The molecule has 1 aliphatic rings. The molecule has 0 spiro atoms. The van der Waals surface area contributed by atoms with Gasteiger partial charge < -0.3 is 9.26 Å². The van der Waals surface area contributed by atoms with Crippen molar-refractivity contribution in [3.05, 3.63) is 83.5 Å². The highest BCUT2D eigenvalue weighted by Gasteiger charge is 2.22. The van der Waals surface area contributed by atoms with Crippen molar-refractivity contribution in [2.45, 2.75) is 38.5 Å². The Morgan fingerprint density at radius 1 is 1.00 bits per heavy atom. The maximum Gasteiger partial charge on any atom is 0.240 e. The van der Waals surface area contributed by atoms with Crippen LogP contribution in [-0.2, 0) is 24.3 Å². The summed E-state index contributed by atoms with van der Waals surface area (Å²) in [6, 6.07) is 20.6. The van der Waals surface area contributed by atoms with E-state index in [4.69, 9.17) is 9.26 Å². The van der Waals surface area contributed by atoms with Crippen molar-refractivity contribution in [2.75, 3.05) is 13.1 Å². The molecule has 0 amide bonds. The van der Waals surface area contributed by atoms with E-state index in [1.165, 1.54) is 11.1 Å². The van der Waals surface area contributed by atoms with Crippen LogP contribution in [-0.4, -0.2) is 34.2 Å². The Balaban J connectivity index is 1.28. The topological polar surface area (TPSA) is 51.4 Å². The van der Waals surface area contributed by atoms with Gasteiger partial charge in [-0.1, -0.05) is 65.8 Å². The zero-order chi connectivity index (χ0) is 18.3. The SMILES string of the molecule is c1ccc(CO[C@H]2CCCN(Cc3nc(Cc4ccccc4)no3)C2)cc1. The molecule has 5 nitrogen and oxygen atoms in total. The highest BCUT2D eigenvalue weighted by Crippen LogP contribution is 2.17. The molecule has 140 valence electrons. The van der Waals surface area contributed by atoms with E-state index in [9.17, 15) is 0 Å². The van der Waals surface area contributed by atoms with Gasteiger partial charge in [-0.3, -0.25) is 4.90 Å². The van der Waals surface area contributed by atoms with Crippen LogP contribution < -0.4 is 0 Å². The normalized spacial score (nSPS) is 17.9. The summed E-state index contributed by atoms with van der Waals surface area (Å²) >= 11 is 0. The minimum Gasteiger partial charge on any atom is -0.372 e. The zero-order valence-electron chi connectivity index (χ0n) is 15.5. The van der Waals surface area contributed by atoms with Crippen LogP contribution in [0.2, 0.25) is 0 Å². The van der Waals surface area contributed by atoms with E-state index in [2.05, 4.69) is 51.4 Å². The molecule has 0 saturated carbocycles. The Morgan fingerprint density at radius 2 is 1.74 bits per heavy atom. The largest absolute Gasteiger partial charge is 0.372 e. The molecule has 0 unspecified atom stereocenters. The van der Waals surface area contributed by atoms with Crippen molar-refractivity contribution < 1.29 is 9.26 Å². The number of aromatic nitrogens is 2. The third kappa shape index (κ3) is 5.25. The summed E-state index contributed by atoms with van der Waals surface area (Å²) in [5, 5.41) is 4.13. The first-order chi connectivity index (χ1) is 13.3. The van der Waals surface area contributed by atoms with Crippen LogP contribution in [0, 0.1) is 0 Å². The second-order valence-corrected chi connectivity index (χ2v) is 7.06. The molecule has 5 heteroatoms. The summed E-state index contributed by atoms with van der Waals surface area (Å²) < 4.78 is 11.6. The van der Waals surface area contributed by atoms with Gasteiger partial charge in [-0.2, -0.15) is 4.98 Å². The molecular weight excluding hydrogens is 338 g/mol. The number of hydrogen-bond donors (Lipinski definition) is 0. The molecular formula is C22H25N3O2. The maximum atomic E-state index is 6.11. The number of hydrogen-bond acceptors (Lipinski definition) is 5. The lowest BCUT2D eigenvalue weighted by Gasteiger charge is -2.31. The Bertz CT molecular complexity index is 820. The lowest BCUT2D eigenvalue weighted by molar-refractivity contribution is -0.0141. The van der Waals surface area contributed by atoms with Gasteiger partial charge in [-0.25, -0.2) is 0 Å². The van der Waals surface area contributed by atoms with E-state index < -0.39 is 0 Å².